The monoisotopic (exact) mass is 462 g/mol. The standard InChI is InChI=1S/C10H19O2.3C4H9.Sn/c1-8(2,10(5,6)11)7-9(3,4)12-7;3*1-3-4-2;/h7H,1-6H3;3*1,3-4H2,2H3;/q-1;;;;+1. The molecule has 0 aromatic carbocycles. The van der Waals surface area contributed by atoms with Crippen LogP contribution in [-0.2, 0) is 7.81 Å². The summed E-state index contributed by atoms with van der Waals surface area (Å²) >= 11 is -2.62. The molecule has 0 radical (unpaired) electrons. The molecule has 1 aliphatic rings. The molecule has 1 unspecified atom stereocenters. The first-order chi connectivity index (χ1) is 11.5. The van der Waals surface area contributed by atoms with E-state index in [1.54, 1.807) is 0 Å². The van der Waals surface area contributed by atoms with Crippen molar-refractivity contribution in [1.29, 1.82) is 0 Å². The average molecular weight is 461 g/mol. The fourth-order valence-electron chi connectivity index (χ4n) is 4.30. The van der Waals surface area contributed by atoms with Gasteiger partial charge in [-0.05, 0) is 0 Å². The molecular formula is C22H46O2Sn. The molecule has 1 aliphatic heterocycles. The topological polar surface area (TPSA) is 21.8 Å². The van der Waals surface area contributed by atoms with Gasteiger partial charge in [-0.1, -0.05) is 0 Å². The van der Waals surface area contributed by atoms with Crippen molar-refractivity contribution < 1.29 is 7.81 Å². The van der Waals surface area contributed by atoms with Gasteiger partial charge in [-0.25, -0.2) is 0 Å². The third-order valence-electron chi connectivity index (χ3n) is 6.63. The Balaban J connectivity index is 3.02. The van der Waals surface area contributed by atoms with E-state index >= 15 is 0 Å². The zero-order valence-corrected chi connectivity index (χ0v) is 21.6. The van der Waals surface area contributed by atoms with E-state index in [-0.39, 0.29) is 16.6 Å². The normalized spacial score (nSPS) is 20.8. The van der Waals surface area contributed by atoms with Crippen LogP contribution in [0.25, 0.3) is 0 Å². The van der Waals surface area contributed by atoms with Gasteiger partial charge in [0.15, 0.2) is 0 Å². The summed E-state index contributed by atoms with van der Waals surface area (Å²) in [6.07, 6.45) is 8.25. The molecule has 2 nitrogen and oxygen atoms in total. The molecule has 1 saturated heterocycles. The van der Waals surface area contributed by atoms with E-state index in [0.717, 1.165) is 0 Å². The molecule has 0 aliphatic carbocycles. The van der Waals surface area contributed by atoms with Crippen molar-refractivity contribution in [3.05, 3.63) is 0 Å². The first kappa shape index (κ1) is 23.8. The molecule has 0 amide bonds. The number of epoxide rings is 1. The Morgan fingerprint density at radius 1 is 0.840 bits per heavy atom. The van der Waals surface area contributed by atoms with Gasteiger partial charge in [-0.2, -0.15) is 0 Å². The minimum atomic E-state index is -2.62. The first-order valence-corrected chi connectivity index (χ1v) is 18.1. The predicted octanol–water partition coefficient (Wildman–Crippen LogP) is 7.33. The second kappa shape index (κ2) is 9.28. The minimum absolute atomic E-state index is 0.0125. The zero-order chi connectivity index (χ0) is 19.4. The zero-order valence-electron chi connectivity index (χ0n) is 18.8. The van der Waals surface area contributed by atoms with Crippen molar-refractivity contribution in [2.75, 3.05) is 0 Å². The molecule has 0 aromatic heterocycles. The van der Waals surface area contributed by atoms with E-state index in [1.165, 1.54) is 51.8 Å². The fraction of sp³-hybridized carbons (Fsp3) is 1.00. The number of hydrogen-bond acceptors (Lipinski definition) is 2. The van der Waals surface area contributed by atoms with Crippen LogP contribution in [0.15, 0.2) is 0 Å². The molecule has 1 rings (SSSR count). The van der Waals surface area contributed by atoms with E-state index in [0.29, 0.717) is 6.10 Å². The van der Waals surface area contributed by atoms with Crippen LogP contribution in [0.4, 0.5) is 0 Å². The molecule has 3 heteroatoms. The summed E-state index contributed by atoms with van der Waals surface area (Å²) < 4.78 is 17.6. The van der Waals surface area contributed by atoms with Gasteiger partial charge in [0, 0.05) is 0 Å². The predicted molar refractivity (Wildman–Crippen MR) is 113 cm³/mol. The molecule has 1 fully saturated rings. The Hall–Kier alpha value is 0.719. The molecule has 1 atom stereocenters. The summed E-state index contributed by atoms with van der Waals surface area (Å²) in [5.74, 6) is 0. The summed E-state index contributed by atoms with van der Waals surface area (Å²) in [7, 11) is 0. The molecule has 0 aromatic rings. The Morgan fingerprint density at radius 3 is 1.48 bits per heavy atom. The molecule has 0 spiro atoms. The molecule has 150 valence electrons. The van der Waals surface area contributed by atoms with Gasteiger partial charge in [-0.15, -0.1) is 0 Å². The Labute approximate surface area is 163 Å². The number of ether oxygens (including phenoxy) is 1. The van der Waals surface area contributed by atoms with Crippen molar-refractivity contribution in [3.63, 3.8) is 0 Å². The van der Waals surface area contributed by atoms with Gasteiger partial charge >= 0.3 is 163 Å². The van der Waals surface area contributed by atoms with Gasteiger partial charge in [0.05, 0.1) is 0 Å². The second-order valence-corrected chi connectivity index (χ2v) is 21.5. The van der Waals surface area contributed by atoms with Crippen LogP contribution < -0.4 is 0 Å². The van der Waals surface area contributed by atoms with E-state index in [9.17, 15) is 0 Å². The summed E-state index contributed by atoms with van der Waals surface area (Å²) in [6.45, 7) is 20.8. The third-order valence-corrected chi connectivity index (χ3v) is 20.2. The number of hydrogen-bond donors (Lipinski definition) is 0. The van der Waals surface area contributed by atoms with E-state index in [4.69, 9.17) is 7.81 Å². The van der Waals surface area contributed by atoms with Gasteiger partial charge < -0.3 is 0 Å². The van der Waals surface area contributed by atoms with Crippen molar-refractivity contribution in [2.45, 2.75) is 131 Å². The molecule has 0 N–H and O–H groups in total. The maximum absolute atomic E-state index is 7.32. The van der Waals surface area contributed by atoms with Crippen LogP contribution in [0, 0.1) is 5.41 Å². The van der Waals surface area contributed by atoms with Crippen LogP contribution in [0.1, 0.15) is 101 Å². The van der Waals surface area contributed by atoms with E-state index in [2.05, 4.69) is 62.3 Å². The molecule has 0 saturated carbocycles. The van der Waals surface area contributed by atoms with Crippen LogP contribution in [0.3, 0.4) is 0 Å². The quantitative estimate of drug-likeness (QED) is 0.212. The number of rotatable bonds is 13. The van der Waals surface area contributed by atoms with Crippen molar-refractivity contribution in [2.24, 2.45) is 5.41 Å². The van der Waals surface area contributed by atoms with E-state index in [1.807, 2.05) is 0 Å². The van der Waals surface area contributed by atoms with Crippen LogP contribution in [0.5, 0.6) is 0 Å². The Morgan fingerprint density at radius 2 is 1.20 bits per heavy atom. The fourth-order valence-corrected chi connectivity index (χ4v) is 19.7. The van der Waals surface area contributed by atoms with Gasteiger partial charge in [0.2, 0.25) is 0 Å². The second-order valence-electron chi connectivity index (χ2n) is 9.93. The van der Waals surface area contributed by atoms with Crippen LogP contribution in [-0.4, -0.2) is 36.1 Å². The van der Waals surface area contributed by atoms with Crippen molar-refractivity contribution in [3.8, 4) is 0 Å². The summed E-state index contributed by atoms with van der Waals surface area (Å²) in [5, 5.41) is 0. The van der Waals surface area contributed by atoms with Crippen molar-refractivity contribution in [1.82, 2.24) is 0 Å². The van der Waals surface area contributed by atoms with Crippen molar-refractivity contribution >= 4 is 18.8 Å². The Bertz CT molecular complexity index is 379. The summed E-state index contributed by atoms with van der Waals surface area (Å²) in [6, 6.07) is 0. The summed E-state index contributed by atoms with van der Waals surface area (Å²) in [4.78, 5) is 0. The van der Waals surface area contributed by atoms with Crippen LogP contribution >= 0.6 is 0 Å². The third kappa shape index (κ3) is 6.10. The maximum atomic E-state index is 7.32. The molecule has 1 heterocycles. The van der Waals surface area contributed by atoms with E-state index < -0.39 is 18.8 Å². The van der Waals surface area contributed by atoms with Gasteiger partial charge in [-0.3, -0.25) is 0 Å². The Kier molecular flexibility index (Phi) is 8.82. The first-order valence-electron chi connectivity index (χ1n) is 10.9. The average Bonchev–Trinajstić information content (AvgIpc) is 3.18. The molecule has 25 heavy (non-hydrogen) atoms. The molecule has 0 bridgehead atoms. The molecular weight excluding hydrogens is 415 g/mol. The SMILES string of the molecule is CCC[CH2][Sn]([CH2]CCC)([CH2]CCC)[O]C(C)(C)C(C)(C)C1OC1(C)C. The van der Waals surface area contributed by atoms with Gasteiger partial charge in [0.25, 0.3) is 0 Å². The number of unbranched alkanes of at least 4 members (excludes halogenated alkanes) is 3. The van der Waals surface area contributed by atoms with Gasteiger partial charge in [0.1, 0.15) is 0 Å². The van der Waals surface area contributed by atoms with Crippen LogP contribution in [0.2, 0.25) is 13.3 Å². The summed E-state index contributed by atoms with van der Waals surface area (Å²) in [5.41, 5.74) is -0.0569.